The van der Waals surface area contributed by atoms with Gasteiger partial charge in [-0.2, -0.15) is 0 Å². The smallest absolute Gasteiger partial charge is 0.327 e. The van der Waals surface area contributed by atoms with Crippen LogP contribution in [-0.4, -0.2) is 15.8 Å². The summed E-state index contributed by atoms with van der Waals surface area (Å²) >= 11 is 3.41. The third-order valence-electron chi connectivity index (χ3n) is 4.97. The molecule has 132 valence electrons. The lowest BCUT2D eigenvalue weighted by Gasteiger charge is -2.27. The average molecular weight is 422 g/mol. The molecule has 27 heavy (non-hydrogen) atoms. The number of ketones is 1. The second-order valence-corrected chi connectivity index (χ2v) is 7.39. The van der Waals surface area contributed by atoms with E-state index in [0.717, 1.165) is 15.6 Å². The Kier molecular flexibility index (Phi) is 3.35. The Morgan fingerprint density at radius 2 is 1.56 bits per heavy atom. The zero-order valence-electron chi connectivity index (χ0n) is 13.8. The Morgan fingerprint density at radius 1 is 0.852 bits per heavy atom. The number of hydrogen-bond acceptors (Lipinski definition) is 4. The van der Waals surface area contributed by atoms with Crippen LogP contribution in [0.25, 0.3) is 5.70 Å². The number of nitrogens with one attached hydrogen (secondary N) is 3. The van der Waals surface area contributed by atoms with Crippen LogP contribution >= 0.6 is 15.9 Å². The number of H-pyrrole nitrogens is 2. The Balaban J connectivity index is 1.84. The largest absolute Gasteiger partial charge is 0.340 e. The molecule has 0 radical (unpaired) electrons. The second-order valence-electron chi connectivity index (χ2n) is 6.47. The number of benzene rings is 2. The maximum atomic E-state index is 13.2. The van der Waals surface area contributed by atoms with Gasteiger partial charge >= 0.3 is 5.69 Å². The lowest BCUT2D eigenvalue weighted by atomic mass is 9.82. The Labute approximate surface area is 161 Å². The van der Waals surface area contributed by atoms with Crippen molar-refractivity contribution in [3.05, 3.63) is 102 Å². The van der Waals surface area contributed by atoms with Crippen LogP contribution in [0, 0.1) is 0 Å². The normalized spacial score (nSPS) is 17.2. The van der Waals surface area contributed by atoms with E-state index < -0.39 is 17.2 Å². The Morgan fingerprint density at radius 3 is 2.30 bits per heavy atom. The fourth-order valence-electron chi connectivity index (χ4n) is 3.84. The van der Waals surface area contributed by atoms with E-state index in [1.807, 2.05) is 42.5 Å². The predicted octanol–water partition coefficient (Wildman–Crippen LogP) is 2.99. The van der Waals surface area contributed by atoms with Gasteiger partial charge in [0.25, 0.3) is 5.56 Å². The van der Waals surface area contributed by atoms with Crippen LogP contribution < -0.4 is 16.6 Å². The summed E-state index contributed by atoms with van der Waals surface area (Å²) in [7, 11) is 0. The number of carbonyl (C=O) groups is 1. The summed E-state index contributed by atoms with van der Waals surface area (Å²) in [6.45, 7) is 0. The van der Waals surface area contributed by atoms with Crippen molar-refractivity contribution < 1.29 is 4.79 Å². The fourth-order valence-corrected chi connectivity index (χ4v) is 4.11. The van der Waals surface area contributed by atoms with Gasteiger partial charge in [0.2, 0.25) is 0 Å². The van der Waals surface area contributed by atoms with Crippen molar-refractivity contribution in [3.8, 4) is 0 Å². The van der Waals surface area contributed by atoms with E-state index in [9.17, 15) is 14.4 Å². The molecule has 1 unspecified atom stereocenters. The van der Waals surface area contributed by atoms with Crippen molar-refractivity contribution in [2.75, 3.05) is 5.32 Å². The first-order valence-corrected chi connectivity index (χ1v) is 9.11. The zero-order chi connectivity index (χ0) is 18.7. The van der Waals surface area contributed by atoms with Crippen molar-refractivity contribution in [2.45, 2.75) is 5.92 Å². The summed E-state index contributed by atoms with van der Waals surface area (Å²) in [4.78, 5) is 42.6. The highest BCUT2D eigenvalue weighted by Gasteiger charge is 2.41. The van der Waals surface area contributed by atoms with Crippen LogP contribution in [0.3, 0.4) is 0 Å². The molecule has 2 aromatic carbocycles. The van der Waals surface area contributed by atoms with Crippen LogP contribution in [0.2, 0.25) is 0 Å². The molecule has 0 saturated heterocycles. The van der Waals surface area contributed by atoms with Crippen LogP contribution in [0.5, 0.6) is 0 Å². The van der Waals surface area contributed by atoms with E-state index >= 15 is 0 Å². The number of rotatable bonds is 1. The lowest BCUT2D eigenvalue weighted by molar-refractivity contribution is 0.103. The second kappa shape index (κ2) is 5.65. The number of carbonyl (C=O) groups excluding carboxylic acids is 1. The molecule has 0 amide bonds. The number of Topliss-reactive ketones (excluding diaryl/α,β-unsaturated/α-hetero) is 1. The molecule has 6 nitrogen and oxygen atoms in total. The van der Waals surface area contributed by atoms with Crippen molar-refractivity contribution in [1.82, 2.24) is 9.97 Å². The highest BCUT2D eigenvalue weighted by Crippen LogP contribution is 2.47. The fraction of sp³-hybridized carbons (Fsp3) is 0.0500. The molecule has 0 saturated carbocycles. The first-order valence-electron chi connectivity index (χ1n) is 8.32. The summed E-state index contributed by atoms with van der Waals surface area (Å²) < 4.78 is 0.894. The minimum atomic E-state index is -0.595. The zero-order valence-corrected chi connectivity index (χ0v) is 15.4. The van der Waals surface area contributed by atoms with Gasteiger partial charge in [0.15, 0.2) is 5.78 Å². The Bertz CT molecular complexity index is 1270. The molecule has 1 aromatic heterocycles. The average Bonchev–Trinajstić information content (AvgIpc) is 2.93. The molecular weight excluding hydrogens is 410 g/mol. The van der Waals surface area contributed by atoms with Gasteiger partial charge in [-0.1, -0.05) is 52.3 Å². The van der Waals surface area contributed by atoms with Crippen LogP contribution in [0.1, 0.15) is 33.0 Å². The number of anilines is 1. The number of fused-ring (bicyclic) bond motifs is 3. The number of allylic oxidation sites excluding steroid dienone is 1. The lowest BCUT2D eigenvalue weighted by Crippen LogP contribution is -2.33. The maximum absolute atomic E-state index is 13.2. The molecule has 0 spiro atoms. The van der Waals surface area contributed by atoms with Gasteiger partial charge in [-0.05, 0) is 17.7 Å². The monoisotopic (exact) mass is 421 g/mol. The molecule has 7 heteroatoms. The van der Waals surface area contributed by atoms with E-state index in [1.54, 1.807) is 6.07 Å². The maximum Gasteiger partial charge on any atom is 0.327 e. The van der Waals surface area contributed by atoms with Crippen molar-refractivity contribution >= 4 is 33.2 Å². The van der Waals surface area contributed by atoms with E-state index in [4.69, 9.17) is 0 Å². The van der Waals surface area contributed by atoms with Gasteiger partial charge < -0.3 is 5.32 Å². The Hall–Kier alpha value is -3.19. The van der Waals surface area contributed by atoms with E-state index in [0.29, 0.717) is 28.2 Å². The van der Waals surface area contributed by atoms with Gasteiger partial charge in [-0.3, -0.25) is 19.6 Å². The topological polar surface area (TPSA) is 94.8 Å². The van der Waals surface area contributed by atoms with Crippen LogP contribution in [0.15, 0.2) is 68.2 Å². The standard InChI is InChI=1S/C20H12BrN3O3/c21-10-7-5-9(6-8-10)13-14-16(11-3-1-2-4-12(11)17(14)25)22-18-15(13)19(26)24-20(27)23-18/h1-8,13H,(H3,22,23,24,26,27). The van der Waals surface area contributed by atoms with Crippen molar-refractivity contribution in [3.63, 3.8) is 0 Å². The van der Waals surface area contributed by atoms with Gasteiger partial charge in [0.1, 0.15) is 5.82 Å². The van der Waals surface area contributed by atoms with E-state index in [1.165, 1.54) is 0 Å². The third-order valence-corrected chi connectivity index (χ3v) is 5.49. The summed E-state index contributed by atoms with van der Waals surface area (Å²) in [5, 5.41) is 3.11. The minimum Gasteiger partial charge on any atom is -0.340 e. The minimum absolute atomic E-state index is 0.114. The first kappa shape index (κ1) is 16.0. The van der Waals surface area contributed by atoms with E-state index in [-0.39, 0.29) is 5.78 Å². The molecule has 5 rings (SSSR count). The third kappa shape index (κ3) is 2.28. The predicted molar refractivity (Wildman–Crippen MR) is 105 cm³/mol. The van der Waals surface area contributed by atoms with Crippen LogP contribution in [-0.2, 0) is 0 Å². The van der Waals surface area contributed by atoms with Gasteiger partial charge in [0, 0.05) is 27.1 Å². The molecule has 1 aliphatic carbocycles. The van der Waals surface area contributed by atoms with Gasteiger partial charge in [0.05, 0.1) is 11.3 Å². The summed E-state index contributed by atoms with van der Waals surface area (Å²) in [6, 6.07) is 14.8. The van der Waals surface area contributed by atoms with Gasteiger partial charge in [-0.25, -0.2) is 4.79 Å². The quantitative estimate of drug-likeness (QED) is 0.562. The SMILES string of the molecule is O=C1C2=C(Nc3[nH]c(=O)[nH]c(=O)c3C2c2ccc(Br)cc2)c2ccccc21. The molecular formula is C20H12BrN3O3. The number of hydrogen-bond donors (Lipinski definition) is 3. The molecule has 3 aromatic rings. The van der Waals surface area contributed by atoms with Crippen molar-refractivity contribution in [1.29, 1.82) is 0 Å². The molecule has 0 bridgehead atoms. The number of halogens is 1. The van der Waals surface area contributed by atoms with Crippen molar-refractivity contribution in [2.24, 2.45) is 0 Å². The van der Waals surface area contributed by atoms with Gasteiger partial charge in [-0.15, -0.1) is 0 Å². The molecule has 1 aliphatic heterocycles. The summed E-state index contributed by atoms with van der Waals surface area (Å²) in [6.07, 6.45) is 0. The summed E-state index contributed by atoms with van der Waals surface area (Å²) in [5.74, 6) is -0.373. The highest BCUT2D eigenvalue weighted by atomic mass is 79.9. The summed E-state index contributed by atoms with van der Waals surface area (Å²) in [5.41, 5.74) is 2.53. The number of aromatic nitrogens is 2. The van der Waals surface area contributed by atoms with Crippen LogP contribution in [0.4, 0.5) is 5.82 Å². The molecule has 1 atom stereocenters. The number of aromatic amines is 2. The molecule has 0 fully saturated rings. The molecule has 2 aliphatic rings. The highest BCUT2D eigenvalue weighted by molar-refractivity contribution is 9.10. The molecule has 3 N–H and O–H groups in total. The molecule has 2 heterocycles. The van der Waals surface area contributed by atoms with E-state index in [2.05, 4.69) is 31.2 Å². The first-order chi connectivity index (χ1) is 13.0.